The summed E-state index contributed by atoms with van der Waals surface area (Å²) < 4.78 is 0. The molecule has 0 fully saturated rings. The monoisotopic (exact) mass is 519 g/mol. The van der Waals surface area contributed by atoms with Crippen LogP contribution in [-0.2, 0) is 4.79 Å². The molecule has 3 unspecified atom stereocenters. The molecule has 0 saturated heterocycles. The van der Waals surface area contributed by atoms with Crippen LogP contribution in [0.5, 0.6) is 0 Å². The number of carboxylic acids is 1. The summed E-state index contributed by atoms with van der Waals surface area (Å²) in [6.45, 7) is 13.0. The molecule has 3 atom stereocenters. The van der Waals surface area contributed by atoms with Crippen LogP contribution in [0.15, 0.2) is 23.9 Å². The van der Waals surface area contributed by atoms with Crippen LogP contribution in [0.1, 0.15) is 110 Å². The van der Waals surface area contributed by atoms with Crippen LogP contribution in [-0.4, -0.2) is 44.4 Å². The number of thioether (sulfide) groups is 1. The van der Waals surface area contributed by atoms with Gasteiger partial charge < -0.3 is 10.4 Å². The first-order valence-electron chi connectivity index (χ1n) is 13.6. The van der Waals surface area contributed by atoms with E-state index in [0.717, 1.165) is 29.9 Å². The summed E-state index contributed by atoms with van der Waals surface area (Å²) in [5, 5.41) is 12.4. The van der Waals surface area contributed by atoms with Gasteiger partial charge in [0.1, 0.15) is 11.7 Å². The smallest absolute Gasteiger partial charge is 0.327 e. The zero-order valence-corrected chi connectivity index (χ0v) is 24.2. The number of allylic oxidation sites excluding steroid dienone is 1. The van der Waals surface area contributed by atoms with E-state index in [9.17, 15) is 14.7 Å². The highest BCUT2D eigenvalue weighted by atomic mass is 32.2. The Balaban J connectivity index is 2.24. The fraction of sp³-hybridized carbons (Fsp3) is 0.724. The molecule has 0 saturated carbocycles. The van der Waals surface area contributed by atoms with Gasteiger partial charge >= 0.3 is 5.97 Å². The molecule has 0 spiro atoms. The molecule has 0 aliphatic carbocycles. The highest BCUT2D eigenvalue weighted by Crippen LogP contribution is 2.22. The molecule has 1 aromatic rings. The van der Waals surface area contributed by atoms with Crippen LogP contribution >= 0.6 is 11.8 Å². The maximum atomic E-state index is 11.6. The van der Waals surface area contributed by atoms with Gasteiger partial charge in [-0.15, -0.1) is 0 Å². The second-order valence-corrected chi connectivity index (χ2v) is 11.9. The van der Waals surface area contributed by atoms with Gasteiger partial charge in [0.2, 0.25) is 5.95 Å². The largest absolute Gasteiger partial charge is 0.480 e. The molecule has 1 rings (SSSR count). The molecule has 7 heteroatoms. The average molecular weight is 520 g/mol. The van der Waals surface area contributed by atoms with Crippen LogP contribution in [0.2, 0.25) is 0 Å². The van der Waals surface area contributed by atoms with Crippen molar-refractivity contribution in [3.8, 4) is 0 Å². The fourth-order valence-electron chi connectivity index (χ4n) is 4.15. The SMILES string of the molecule is CC(=O)c1ccnc(NC(CSC/C=C(\C)CCCC(C)CCCC(C)CCCC(C)C)C(=O)O)n1. The molecule has 1 aromatic heterocycles. The third kappa shape index (κ3) is 15.3. The first-order chi connectivity index (χ1) is 17.1. The molecule has 0 bridgehead atoms. The van der Waals surface area contributed by atoms with Crippen molar-refractivity contribution in [1.29, 1.82) is 0 Å². The van der Waals surface area contributed by atoms with Crippen molar-refractivity contribution in [3.05, 3.63) is 29.6 Å². The summed E-state index contributed by atoms with van der Waals surface area (Å²) in [7, 11) is 0. The Kier molecular flexibility index (Phi) is 16.4. The van der Waals surface area contributed by atoms with Gasteiger partial charge in [-0.05, 0) is 43.6 Å². The molecule has 0 aliphatic heterocycles. The molecule has 2 N–H and O–H groups in total. The molecular formula is C29H49N3O3S. The van der Waals surface area contributed by atoms with Crippen molar-refractivity contribution >= 4 is 29.5 Å². The topological polar surface area (TPSA) is 92.2 Å². The van der Waals surface area contributed by atoms with Gasteiger partial charge in [0.05, 0.1) is 0 Å². The summed E-state index contributed by atoms with van der Waals surface area (Å²) in [5.74, 6) is 2.64. The maximum Gasteiger partial charge on any atom is 0.327 e. The number of hydrogen-bond donors (Lipinski definition) is 2. The van der Waals surface area contributed by atoms with Crippen molar-refractivity contribution in [2.45, 2.75) is 105 Å². The number of aliphatic carboxylic acids is 1. The first kappa shape index (κ1) is 32.1. The minimum Gasteiger partial charge on any atom is -0.480 e. The summed E-state index contributed by atoms with van der Waals surface area (Å²) in [5.41, 5.74) is 1.63. The van der Waals surface area contributed by atoms with Crippen LogP contribution in [0, 0.1) is 17.8 Å². The minimum atomic E-state index is -0.959. The lowest BCUT2D eigenvalue weighted by Gasteiger charge is -2.15. The highest BCUT2D eigenvalue weighted by molar-refractivity contribution is 7.99. The van der Waals surface area contributed by atoms with Crippen LogP contribution in [0.25, 0.3) is 0 Å². The molecule has 36 heavy (non-hydrogen) atoms. The lowest BCUT2D eigenvalue weighted by atomic mass is 9.91. The minimum absolute atomic E-state index is 0.164. The standard InChI is InChI=1S/C29H49N3O3S/c1-21(2)10-7-11-22(3)12-8-13-23(4)14-9-15-24(5)17-19-36-20-27(28(34)35)32-29-30-18-16-26(31-29)25(6)33/h16-18,21-23,27H,7-15,19-20H2,1-6H3,(H,34,35)(H,30,31,32)/b24-17+. The second-order valence-electron chi connectivity index (χ2n) is 10.8. The van der Waals surface area contributed by atoms with E-state index in [2.05, 4.69) is 56.0 Å². The lowest BCUT2D eigenvalue weighted by Crippen LogP contribution is -2.32. The van der Waals surface area contributed by atoms with Crippen LogP contribution in [0.3, 0.4) is 0 Å². The molecule has 204 valence electrons. The van der Waals surface area contributed by atoms with Crippen molar-refractivity contribution in [2.75, 3.05) is 16.8 Å². The van der Waals surface area contributed by atoms with Crippen molar-refractivity contribution < 1.29 is 14.7 Å². The number of anilines is 1. The third-order valence-corrected chi connectivity index (χ3v) is 7.56. The number of hydrogen-bond acceptors (Lipinski definition) is 6. The predicted octanol–water partition coefficient (Wildman–Crippen LogP) is 7.66. The Bertz CT molecular complexity index is 813. The van der Waals surface area contributed by atoms with E-state index in [-0.39, 0.29) is 17.4 Å². The molecule has 0 aliphatic rings. The van der Waals surface area contributed by atoms with Crippen LogP contribution < -0.4 is 5.32 Å². The Morgan fingerprint density at radius 1 is 1.00 bits per heavy atom. The Morgan fingerprint density at radius 3 is 2.19 bits per heavy atom. The number of carbonyl (C=O) groups excluding carboxylic acids is 1. The predicted molar refractivity (Wildman–Crippen MR) is 153 cm³/mol. The summed E-state index contributed by atoms with van der Waals surface area (Å²) in [6.07, 6.45) is 15.4. The summed E-state index contributed by atoms with van der Waals surface area (Å²) in [6, 6.07) is 0.702. The lowest BCUT2D eigenvalue weighted by molar-refractivity contribution is -0.137. The van der Waals surface area contributed by atoms with Gasteiger partial charge in [0.25, 0.3) is 0 Å². The number of nitrogens with zero attached hydrogens (tertiary/aromatic N) is 2. The molecule has 0 aromatic carbocycles. The first-order valence-corrected chi connectivity index (χ1v) is 14.8. The van der Waals surface area contributed by atoms with Crippen molar-refractivity contribution in [3.63, 3.8) is 0 Å². The maximum absolute atomic E-state index is 11.6. The second kappa shape index (κ2) is 18.4. The van der Waals surface area contributed by atoms with E-state index in [1.165, 1.54) is 76.1 Å². The number of ketones is 1. The number of rotatable bonds is 20. The Hall–Kier alpha value is -1.89. The van der Waals surface area contributed by atoms with E-state index < -0.39 is 12.0 Å². The average Bonchev–Trinajstić information content (AvgIpc) is 2.80. The zero-order valence-electron chi connectivity index (χ0n) is 23.4. The van der Waals surface area contributed by atoms with Crippen molar-refractivity contribution in [2.24, 2.45) is 17.8 Å². The number of carboxylic acid groups (broad SMARTS) is 1. The fourth-order valence-corrected chi connectivity index (χ4v) is 5.15. The van der Waals surface area contributed by atoms with Crippen LogP contribution in [0.4, 0.5) is 5.95 Å². The van der Waals surface area contributed by atoms with E-state index in [0.29, 0.717) is 5.75 Å². The number of Topliss-reactive ketones (excluding diaryl/α,β-unsaturated/α-hetero) is 1. The van der Waals surface area contributed by atoms with Gasteiger partial charge in [-0.3, -0.25) is 4.79 Å². The molecular weight excluding hydrogens is 470 g/mol. The van der Waals surface area contributed by atoms with Gasteiger partial charge in [0.15, 0.2) is 5.78 Å². The van der Waals surface area contributed by atoms with E-state index >= 15 is 0 Å². The van der Waals surface area contributed by atoms with Gasteiger partial charge in [-0.25, -0.2) is 14.8 Å². The van der Waals surface area contributed by atoms with Crippen molar-refractivity contribution in [1.82, 2.24) is 9.97 Å². The highest BCUT2D eigenvalue weighted by Gasteiger charge is 2.18. The Morgan fingerprint density at radius 2 is 1.61 bits per heavy atom. The number of nitrogens with one attached hydrogen (secondary N) is 1. The van der Waals surface area contributed by atoms with Gasteiger partial charge in [-0.1, -0.05) is 84.3 Å². The molecule has 1 heterocycles. The number of carbonyl (C=O) groups is 2. The number of aromatic nitrogens is 2. The summed E-state index contributed by atoms with van der Waals surface area (Å²) in [4.78, 5) is 31.2. The molecule has 0 amide bonds. The van der Waals surface area contributed by atoms with E-state index in [1.807, 2.05) is 0 Å². The zero-order chi connectivity index (χ0) is 26.9. The molecule has 0 radical (unpaired) electrons. The summed E-state index contributed by atoms with van der Waals surface area (Å²) >= 11 is 1.57. The van der Waals surface area contributed by atoms with Gasteiger partial charge in [-0.2, -0.15) is 11.8 Å². The Labute approximate surface area is 223 Å². The van der Waals surface area contributed by atoms with E-state index in [4.69, 9.17) is 0 Å². The molecule has 6 nitrogen and oxygen atoms in total. The quantitative estimate of drug-likeness (QED) is 0.104. The normalized spacial score (nSPS) is 14.5. The van der Waals surface area contributed by atoms with E-state index in [1.54, 1.807) is 11.8 Å². The third-order valence-electron chi connectivity index (χ3n) is 6.59. The van der Waals surface area contributed by atoms with Gasteiger partial charge in [0, 0.05) is 24.6 Å².